The fourth-order valence-electron chi connectivity index (χ4n) is 1.64. The summed E-state index contributed by atoms with van der Waals surface area (Å²) in [6.07, 6.45) is 2.46. The van der Waals surface area contributed by atoms with Gasteiger partial charge in [0.25, 0.3) is 0 Å². The van der Waals surface area contributed by atoms with Crippen LogP contribution in [0.5, 0.6) is 0 Å². The molecule has 0 aliphatic carbocycles. The zero-order chi connectivity index (χ0) is 10.8. The normalized spacial score (nSPS) is 11.8. The molecule has 0 fully saturated rings. The van der Waals surface area contributed by atoms with Crippen LogP contribution >= 0.6 is 0 Å². The van der Waals surface area contributed by atoms with E-state index in [-0.39, 0.29) is 0 Å². The third-order valence-electron chi connectivity index (χ3n) is 2.64. The van der Waals surface area contributed by atoms with Gasteiger partial charge in [0, 0.05) is 0 Å². The molecule has 78 valence electrons. The molecule has 0 nitrogen and oxygen atoms in total. The number of hydrogen-bond donors (Lipinski definition) is 0. The minimum Gasteiger partial charge on any atom is -0.0602 e. The lowest BCUT2D eigenvalue weighted by Crippen LogP contribution is -2.06. The molecule has 0 aromatic heterocycles. The summed E-state index contributed by atoms with van der Waals surface area (Å²) < 4.78 is 0. The van der Waals surface area contributed by atoms with Crippen molar-refractivity contribution < 1.29 is 0 Å². The average molecular weight is 190 g/mol. The number of aryl methyl sites for hydroxylation is 3. The van der Waals surface area contributed by atoms with Gasteiger partial charge in [-0.25, -0.2) is 0 Å². The van der Waals surface area contributed by atoms with Crippen LogP contribution in [0, 0.1) is 19.3 Å². The van der Waals surface area contributed by atoms with E-state index in [1.165, 1.54) is 29.5 Å². The Balaban J connectivity index is 2.68. The molecule has 0 aliphatic rings. The average Bonchev–Trinajstić information content (AvgIpc) is 2.00. The maximum atomic E-state index is 2.30. The Labute approximate surface area is 88.4 Å². The molecule has 0 amide bonds. The predicted octanol–water partition coefficient (Wildman–Crippen LogP) is 4.28. The van der Waals surface area contributed by atoms with Crippen LogP contribution in [0.15, 0.2) is 18.2 Å². The lowest BCUT2D eigenvalue weighted by molar-refractivity contribution is 0.378. The van der Waals surface area contributed by atoms with E-state index in [0.717, 1.165) is 0 Å². The summed E-state index contributed by atoms with van der Waals surface area (Å²) in [5.41, 5.74) is 4.75. The van der Waals surface area contributed by atoms with Crippen molar-refractivity contribution in [3.8, 4) is 0 Å². The predicted molar refractivity (Wildman–Crippen MR) is 63.7 cm³/mol. The van der Waals surface area contributed by atoms with Crippen LogP contribution in [0.25, 0.3) is 0 Å². The van der Waals surface area contributed by atoms with Gasteiger partial charge in [0.1, 0.15) is 0 Å². The molecule has 0 radical (unpaired) electrons. The molecular formula is C14H22. The third kappa shape index (κ3) is 3.53. The van der Waals surface area contributed by atoms with Crippen LogP contribution in [-0.2, 0) is 6.42 Å². The van der Waals surface area contributed by atoms with Crippen molar-refractivity contribution in [1.82, 2.24) is 0 Å². The Bertz CT molecular complexity index is 302. The highest BCUT2D eigenvalue weighted by atomic mass is 14.2. The molecule has 0 spiro atoms. The van der Waals surface area contributed by atoms with Gasteiger partial charge in [-0.15, -0.1) is 0 Å². The van der Waals surface area contributed by atoms with Crippen LogP contribution in [0.3, 0.4) is 0 Å². The van der Waals surface area contributed by atoms with E-state index < -0.39 is 0 Å². The van der Waals surface area contributed by atoms with Gasteiger partial charge in [0.2, 0.25) is 0 Å². The van der Waals surface area contributed by atoms with E-state index in [1.807, 2.05) is 0 Å². The fraction of sp³-hybridized carbons (Fsp3) is 0.571. The van der Waals surface area contributed by atoms with Crippen LogP contribution in [0.2, 0.25) is 0 Å². The maximum Gasteiger partial charge on any atom is -0.0271 e. The largest absolute Gasteiger partial charge is 0.0602 e. The van der Waals surface area contributed by atoms with Crippen LogP contribution in [0.1, 0.15) is 43.9 Å². The molecule has 14 heavy (non-hydrogen) atoms. The molecule has 0 bridgehead atoms. The molecule has 0 saturated carbocycles. The van der Waals surface area contributed by atoms with E-state index in [1.54, 1.807) is 0 Å². The molecule has 0 saturated heterocycles. The summed E-state index contributed by atoms with van der Waals surface area (Å²) in [4.78, 5) is 0. The quantitative estimate of drug-likeness (QED) is 0.653. The maximum absolute atomic E-state index is 2.30. The van der Waals surface area contributed by atoms with Crippen LogP contribution in [0.4, 0.5) is 0 Å². The first-order chi connectivity index (χ1) is 6.38. The van der Waals surface area contributed by atoms with Crippen molar-refractivity contribution in [1.29, 1.82) is 0 Å². The van der Waals surface area contributed by atoms with Gasteiger partial charge in [-0.1, -0.05) is 44.5 Å². The Morgan fingerprint density at radius 1 is 1.07 bits per heavy atom. The second kappa shape index (κ2) is 4.16. The fourth-order valence-corrected chi connectivity index (χ4v) is 1.64. The van der Waals surface area contributed by atoms with Crippen molar-refractivity contribution in [3.63, 3.8) is 0 Å². The third-order valence-corrected chi connectivity index (χ3v) is 2.64. The minimum absolute atomic E-state index is 0.442. The molecule has 1 rings (SSSR count). The summed E-state index contributed by atoms with van der Waals surface area (Å²) in [7, 11) is 0. The van der Waals surface area contributed by atoms with Crippen LogP contribution < -0.4 is 0 Å². The summed E-state index contributed by atoms with van der Waals surface area (Å²) >= 11 is 0. The van der Waals surface area contributed by atoms with E-state index >= 15 is 0 Å². The highest BCUT2D eigenvalue weighted by molar-refractivity contribution is 5.30. The molecule has 0 unspecified atom stereocenters. The van der Waals surface area contributed by atoms with Crippen LogP contribution in [-0.4, -0.2) is 0 Å². The second-order valence-electron chi connectivity index (χ2n) is 5.49. The summed E-state index contributed by atoms with van der Waals surface area (Å²) in [5, 5.41) is 0. The highest BCUT2D eigenvalue weighted by Gasteiger charge is 2.10. The topological polar surface area (TPSA) is 0 Å². The van der Waals surface area contributed by atoms with Crippen molar-refractivity contribution >= 4 is 0 Å². The highest BCUT2D eigenvalue weighted by Crippen LogP contribution is 2.22. The van der Waals surface area contributed by atoms with Gasteiger partial charge in [-0.05, 0) is 43.2 Å². The monoisotopic (exact) mass is 190 g/mol. The minimum atomic E-state index is 0.442. The first kappa shape index (κ1) is 11.3. The first-order valence-electron chi connectivity index (χ1n) is 5.45. The van der Waals surface area contributed by atoms with Crippen molar-refractivity contribution in [2.45, 2.75) is 47.5 Å². The van der Waals surface area contributed by atoms with Gasteiger partial charge < -0.3 is 0 Å². The van der Waals surface area contributed by atoms with Gasteiger partial charge in [-0.2, -0.15) is 0 Å². The summed E-state index contributed by atoms with van der Waals surface area (Å²) in [6.45, 7) is 11.3. The Hall–Kier alpha value is -0.780. The summed E-state index contributed by atoms with van der Waals surface area (Å²) in [6, 6.07) is 6.76. The zero-order valence-electron chi connectivity index (χ0n) is 10.1. The lowest BCUT2D eigenvalue weighted by Gasteiger charge is -2.18. The first-order valence-corrected chi connectivity index (χ1v) is 5.45. The Kier molecular flexibility index (Phi) is 3.36. The molecule has 0 heteroatoms. The van der Waals surface area contributed by atoms with Gasteiger partial charge >= 0.3 is 0 Å². The van der Waals surface area contributed by atoms with Crippen molar-refractivity contribution in [2.75, 3.05) is 0 Å². The van der Waals surface area contributed by atoms with E-state index in [4.69, 9.17) is 0 Å². The second-order valence-corrected chi connectivity index (χ2v) is 5.49. The molecule has 1 aromatic rings. The smallest absolute Gasteiger partial charge is 0.0271 e. The Morgan fingerprint density at radius 2 is 1.71 bits per heavy atom. The standard InChI is InChI=1S/C14H22/c1-11-6-7-13(12(2)10-11)8-9-14(3,4)5/h6-7,10H,8-9H2,1-5H3. The Morgan fingerprint density at radius 3 is 2.21 bits per heavy atom. The number of rotatable bonds is 2. The lowest BCUT2D eigenvalue weighted by atomic mass is 9.87. The molecule has 0 N–H and O–H groups in total. The van der Waals surface area contributed by atoms with E-state index in [0.29, 0.717) is 5.41 Å². The summed E-state index contributed by atoms with van der Waals surface area (Å²) in [5.74, 6) is 0. The zero-order valence-corrected chi connectivity index (χ0v) is 10.1. The van der Waals surface area contributed by atoms with Gasteiger partial charge in [0.05, 0.1) is 0 Å². The molecular weight excluding hydrogens is 168 g/mol. The van der Waals surface area contributed by atoms with Crippen molar-refractivity contribution in [2.24, 2.45) is 5.41 Å². The number of benzene rings is 1. The molecule has 0 atom stereocenters. The van der Waals surface area contributed by atoms with Crippen molar-refractivity contribution in [3.05, 3.63) is 34.9 Å². The van der Waals surface area contributed by atoms with E-state index in [2.05, 4.69) is 52.8 Å². The number of hydrogen-bond acceptors (Lipinski definition) is 0. The molecule has 1 aromatic carbocycles. The SMILES string of the molecule is Cc1ccc(CCC(C)(C)C)c(C)c1. The molecule has 0 heterocycles. The van der Waals surface area contributed by atoms with Gasteiger partial charge in [0.15, 0.2) is 0 Å². The molecule has 0 aliphatic heterocycles. The van der Waals surface area contributed by atoms with Gasteiger partial charge in [-0.3, -0.25) is 0 Å². The van der Waals surface area contributed by atoms with E-state index in [9.17, 15) is 0 Å².